The molecule has 0 unspecified atom stereocenters. The molecule has 0 aromatic carbocycles. The summed E-state index contributed by atoms with van der Waals surface area (Å²) in [5, 5.41) is 12.2. The van der Waals surface area contributed by atoms with Crippen molar-refractivity contribution in [3.8, 4) is 6.07 Å². The summed E-state index contributed by atoms with van der Waals surface area (Å²) >= 11 is 0. The smallest absolute Gasteiger partial charge is 0.143 e. The number of anilines is 1. The molecule has 0 radical (unpaired) electrons. The fourth-order valence-corrected chi connectivity index (χ4v) is 5.35. The van der Waals surface area contributed by atoms with Crippen molar-refractivity contribution in [2.75, 3.05) is 12.4 Å². The van der Waals surface area contributed by atoms with Gasteiger partial charge in [0.05, 0.1) is 5.56 Å². The van der Waals surface area contributed by atoms with Crippen LogP contribution in [-0.2, 0) is 0 Å². The Balaban J connectivity index is 1.69. The van der Waals surface area contributed by atoms with Gasteiger partial charge in [-0.1, -0.05) is 0 Å². The number of nitrogens with zero attached hydrogens (tertiary/aromatic N) is 2. The second-order valence-corrected chi connectivity index (χ2v) is 6.95. The van der Waals surface area contributed by atoms with Crippen molar-refractivity contribution in [3.63, 3.8) is 0 Å². The fraction of sp³-hybridized carbons (Fsp3) is 0.647. The predicted molar refractivity (Wildman–Crippen MR) is 78.3 cm³/mol. The van der Waals surface area contributed by atoms with Gasteiger partial charge in [-0.15, -0.1) is 0 Å². The fourth-order valence-electron chi connectivity index (χ4n) is 5.35. The number of nitriles is 1. The van der Waals surface area contributed by atoms with Gasteiger partial charge in [0.1, 0.15) is 11.9 Å². The van der Waals surface area contributed by atoms with E-state index in [-0.39, 0.29) is 0 Å². The van der Waals surface area contributed by atoms with Crippen LogP contribution in [0.15, 0.2) is 12.1 Å². The molecule has 1 aromatic rings. The Morgan fingerprint density at radius 1 is 1.10 bits per heavy atom. The molecule has 104 valence electrons. The van der Waals surface area contributed by atoms with Gasteiger partial charge in [0, 0.05) is 18.7 Å². The predicted octanol–water partition coefficient (Wildman–Crippen LogP) is 3.53. The van der Waals surface area contributed by atoms with Crippen molar-refractivity contribution in [2.45, 2.75) is 38.0 Å². The summed E-state index contributed by atoms with van der Waals surface area (Å²) in [6, 6.07) is 6.26. The molecule has 4 aliphatic carbocycles. The van der Waals surface area contributed by atoms with Crippen molar-refractivity contribution in [3.05, 3.63) is 23.4 Å². The maximum absolute atomic E-state index is 9.12. The van der Waals surface area contributed by atoms with Crippen molar-refractivity contribution >= 4 is 5.82 Å². The van der Waals surface area contributed by atoms with E-state index in [1.807, 2.05) is 13.1 Å². The molecule has 5 rings (SSSR count). The molecule has 4 aliphatic rings. The summed E-state index contributed by atoms with van der Waals surface area (Å²) in [7, 11) is 1.85. The summed E-state index contributed by atoms with van der Waals surface area (Å²) in [6.45, 7) is 0. The van der Waals surface area contributed by atoms with Gasteiger partial charge >= 0.3 is 0 Å². The number of nitrogens with one attached hydrogen (secondary N) is 1. The van der Waals surface area contributed by atoms with Gasteiger partial charge in [0.2, 0.25) is 0 Å². The monoisotopic (exact) mass is 267 g/mol. The van der Waals surface area contributed by atoms with Crippen LogP contribution in [0.4, 0.5) is 5.82 Å². The number of rotatable bonds is 2. The lowest BCUT2D eigenvalue weighted by Crippen LogP contribution is -2.44. The molecular formula is C17H21N3. The van der Waals surface area contributed by atoms with E-state index in [4.69, 9.17) is 10.2 Å². The maximum atomic E-state index is 9.12. The van der Waals surface area contributed by atoms with Crippen molar-refractivity contribution in [2.24, 2.45) is 23.7 Å². The van der Waals surface area contributed by atoms with Gasteiger partial charge in [-0.25, -0.2) is 4.98 Å². The topological polar surface area (TPSA) is 48.7 Å². The highest BCUT2D eigenvalue weighted by atomic mass is 15.0. The van der Waals surface area contributed by atoms with Crippen LogP contribution in [0, 0.1) is 35.0 Å². The molecule has 1 aromatic heterocycles. The molecule has 0 spiro atoms. The Hall–Kier alpha value is -1.56. The summed E-state index contributed by atoms with van der Waals surface area (Å²) in [4.78, 5) is 4.77. The number of hydrogen-bond donors (Lipinski definition) is 1. The molecule has 1 heterocycles. The quantitative estimate of drug-likeness (QED) is 0.891. The van der Waals surface area contributed by atoms with E-state index in [0.29, 0.717) is 11.5 Å². The van der Waals surface area contributed by atoms with E-state index >= 15 is 0 Å². The van der Waals surface area contributed by atoms with Crippen LogP contribution in [-0.4, -0.2) is 12.0 Å². The van der Waals surface area contributed by atoms with Gasteiger partial charge in [-0.3, -0.25) is 0 Å². The average Bonchev–Trinajstić information content (AvgIpc) is 2.46. The zero-order chi connectivity index (χ0) is 13.7. The Labute approximate surface area is 120 Å². The molecule has 3 heteroatoms. The average molecular weight is 267 g/mol. The van der Waals surface area contributed by atoms with Gasteiger partial charge in [-0.05, 0) is 67.9 Å². The van der Waals surface area contributed by atoms with Crippen LogP contribution in [0.25, 0.3) is 0 Å². The van der Waals surface area contributed by atoms with E-state index < -0.39 is 0 Å². The third-order valence-corrected chi connectivity index (χ3v) is 5.84. The molecule has 4 fully saturated rings. The first-order valence-corrected chi connectivity index (χ1v) is 7.87. The minimum Gasteiger partial charge on any atom is -0.372 e. The summed E-state index contributed by atoms with van der Waals surface area (Å²) in [5.74, 6) is 5.07. The lowest BCUT2D eigenvalue weighted by atomic mass is 9.51. The number of hydrogen-bond acceptors (Lipinski definition) is 3. The van der Waals surface area contributed by atoms with Crippen LogP contribution in [0.3, 0.4) is 0 Å². The van der Waals surface area contributed by atoms with E-state index in [1.54, 1.807) is 0 Å². The van der Waals surface area contributed by atoms with Gasteiger partial charge in [0.15, 0.2) is 0 Å². The van der Waals surface area contributed by atoms with Crippen molar-refractivity contribution in [1.29, 1.82) is 5.26 Å². The van der Waals surface area contributed by atoms with E-state index in [0.717, 1.165) is 29.5 Å². The van der Waals surface area contributed by atoms with Crippen LogP contribution < -0.4 is 5.32 Å². The Kier molecular flexibility index (Phi) is 2.73. The summed E-state index contributed by atoms with van der Waals surface area (Å²) < 4.78 is 0. The third-order valence-electron chi connectivity index (χ3n) is 5.84. The van der Waals surface area contributed by atoms with Crippen molar-refractivity contribution in [1.82, 2.24) is 4.98 Å². The Morgan fingerprint density at radius 3 is 2.30 bits per heavy atom. The number of aromatic nitrogens is 1. The van der Waals surface area contributed by atoms with Gasteiger partial charge < -0.3 is 5.32 Å². The zero-order valence-electron chi connectivity index (χ0n) is 12.0. The highest BCUT2D eigenvalue weighted by molar-refractivity contribution is 5.52. The molecule has 20 heavy (non-hydrogen) atoms. The molecule has 0 amide bonds. The zero-order valence-corrected chi connectivity index (χ0v) is 12.0. The molecule has 1 N–H and O–H groups in total. The first-order valence-electron chi connectivity index (χ1n) is 7.87. The van der Waals surface area contributed by atoms with Crippen LogP contribution in [0.5, 0.6) is 0 Å². The Bertz CT molecular complexity index is 544. The molecular weight excluding hydrogens is 246 g/mol. The molecule has 4 bridgehead atoms. The molecule has 4 saturated carbocycles. The van der Waals surface area contributed by atoms with Crippen LogP contribution >= 0.6 is 0 Å². The lowest BCUT2D eigenvalue weighted by Gasteiger charge is -2.54. The van der Waals surface area contributed by atoms with E-state index in [9.17, 15) is 0 Å². The lowest BCUT2D eigenvalue weighted by molar-refractivity contribution is -0.00410. The standard InChI is InChI=1S/C17H21N3/c1-19-17-12(9-18)2-3-15(20-17)16-13-5-10-4-11(7-13)8-14(16)6-10/h2-3,10-11,13-14,16H,4-8H2,1H3,(H,19,20). The van der Waals surface area contributed by atoms with E-state index in [1.165, 1.54) is 37.8 Å². The SMILES string of the molecule is CNc1nc(C2C3CC4CC(C3)CC2C4)ccc1C#N. The summed E-state index contributed by atoms with van der Waals surface area (Å²) in [5.41, 5.74) is 1.88. The Morgan fingerprint density at radius 2 is 1.75 bits per heavy atom. The first-order chi connectivity index (χ1) is 9.78. The second kappa shape index (κ2) is 4.48. The largest absolute Gasteiger partial charge is 0.372 e. The minimum atomic E-state index is 0.641. The first kappa shape index (κ1) is 12.2. The van der Waals surface area contributed by atoms with Gasteiger partial charge in [-0.2, -0.15) is 5.26 Å². The van der Waals surface area contributed by atoms with Crippen LogP contribution in [0.2, 0.25) is 0 Å². The van der Waals surface area contributed by atoms with Gasteiger partial charge in [0.25, 0.3) is 0 Å². The molecule has 0 aliphatic heterocycles. The maximum Gasteiger partial charge on any atom is 0.143 e. The second-order valence-electron chi connectivity index (χ2n) is 6.95. The molecule has 0 saturated heterocycles. The number of pyridine rings is 1. The molecule has 0 atom stereocenters. The highest BCUT2D eigenvalue weighted by Gasteiger charge is 2.49. The normalized spacial score (nSPS) is 37.7. The summed E-state index contributed by atoms with van der Waals surface area (Å²) in [6.07, 6.45) is 7.13. The molecule has 3 nitrogen and oxygen atoms in total. The van der Waals surface area contributed by atoms with E-state index in [2.05, 4.69) is 17.5 Å². The highest BCUT2D eigenvalue weighted by Crippen LogP contribution is 2.59. The minimum absolute atomic E-state index is 0.641. The third kappa shape index (κ3) is 1.74. The van der Waals surface area contributed by atoms with Crippen molar-refractivity contribution < 1.29 is 0 Å². The van der Waals surface area contributed by atoms with Crippen LogP contribution in [0.1, 0.15) is 49.3 Å².